The van der Waals surface area contributed by atoms with Crippen molar-refractivity contribution in [2.24, 2.45) is 0 Å². The van der Waals surface area contributed by atoms with E-state index in [2.05, 4.69) is 10.4 Å². The Bertz CT molecular complexity index is 549. The molecule has 0 saturated carbocycles. The van der Waals surface area contributed by atoms with Crippen LogP contribution < -0.4 is 10.1 Å². The molecule has 2 aromatic rings. The zero-order chi connectivity index (χ0) is 15.1. The highest BCUT2D eigenvalue weighted by atomic mass is 35.5. The molecule has 0 aliphatic carbocycles. The van der Waals surface area contributed by atoms with Gasteiger partial charge in [-0.25, -0.2) is 0 Å². The number of benzene rings is 1. The summed E-state index contributed by atoms with van der Waals surface area (Å²) in [4.78, 5) is 0. The van der Waals surface area contributed by atoms with E-state index in [9.17, 15) is 5.11 Å². The van der Waals surface area contributed by atoms with Crippen molar-refractivity contribution in [1.29, 1.82) is 0 Å². The van der Waals surface area contributed by atoms with Crippen LogP contribution in [0.25, 0.3) is 0 Å². The summed E-state index contributed by atoms with van der Waals surface area (Å²) in [7, 11) is 0. The summed E-state index contributed by atoms with van der Waals surface area (Å²) in [5, 5.41) is 18.1. The highest BCUT2D eigenvalue weighted by molar-refractivity contribution is 6.34. The van der Waals surface area contributed by atoms with Gasteiger partial charge in [-0.05, 0) is 18.2 Å². The Balaban J connectivity index is 1.65. The molecule has 21 heavy (non-hydrogen) atoms. The van der Waals surface area contributed by atoms with Gasteiger partial charge < -0.3 is 15.2 Å². The minimum absolute atomic E-state index is 0.148. The number of aromatic nitrogens is 2. The zero-order valence-corrected chi connectivity index (χ0v) is 12.9. The normalized spacial score (nSPS) is 12.3. The maximum absolute atomic E-state index is 9.84. The maximum Gasteiger partial charge on any atom is 0.139 e. The molecule has 2 rings (SSSR count). The monoisotopic (exact) mass is 329 g/mol. The molecule has 1 aromatic heterocycles. The second-order valence-corrected chi connectivity index (χ2v) is 5.36. The molecule has 0 unspecified atom stereocenters. The van der Waals surface area contributed by atoms with Crippen molar-refractivity contribution in [3.63, 3.8) is 0 Å². The van der Waals surface area contributed by atoms with Crippen LogP contribution in [0.3, 0.4) is 0 Å². The lowest BCUT2D eigenvalue weighted by molar-refractivity contribution is 0.106. The molecular weight excluding hydrogens is 313 g/mol. The van der Waals surface area contributed by atoms with Gasteiger partial charge in [-0.3, -0.25) is 4.68 Å². The molecule has 0 saturated heterocycles. The number of aliphatic hydroxyl groups excluding tert-OH is 1. The Kier molecular flexibility index (Phi) is 6.32. The largest absolute Gasteiger partial charge is 0.489 e. The van der Waals surface area contributed by atoms with Crippen LogP contribution in [0, 0.1) is 0 Å². The molecule has 5 nitrogen and oxygen atoms in total. The Labute approximate surface area is 133 Å². The Morgan fingerprint density at radius 1 is 1.38 bits per heavy atom. The maximum atomic E-state index is 9.84. The number of hydrogen-bond acceptors (Lipinski definition) is 4. The first kappa shape index (κ1) is 16.1. The van der Waals surface area contributed by atoms with Crippen LogP contribution in [-0.4, -0.2) is 40.7 Å². The van der Waals surface area contributed by atoms with Crippen molar-refractivity contribution >= 4 is 23.2 Å². The van der Waals surface area contributed by atoms with Gasteiger partial charge in [-0.2, -0.15) is 5.10 Å². The van der Waals surface area contributed by atoms with Crippen LogP contribution in [0.1, 0.15) is 0 Å². The van der Waals surface area contributed by atoms with Gasteiger partial charge in [0.2, 0.25) is 0 Å². The van der Waals surface area contributed by atoms with Gasteiger partial charge in [0.25, 0.3) is 0 Å². The second kappa shape index (κ2) is 8.24. The summed E-state index contributed by atoms with van der Waals surface area (Å²) in [6.07, 6.45) is 3.00. The zero-order valence-electron chi connectivity index (χ0n) is 11.4. The summed E-state index contributed by atoms with van der Waals surface area (Å²) < 4.78 is 7.28. The molecule has 0 amide bonds. The predicted molar refractivity (Wildman–Crippen MR) is 83.1 cm³/mol. The first-order chi connectivity index (χ1) is 10.1. The lowest BCUT2D eigenvalue weighted by Crippen LogP contribution is -2.33. The fraction of sp³-hybridized carbons (Fsp3) is 0.357. The summed E-state index contributed by atoms with van der Waals surface area (Å²) in [6.45, 7) is 2.05. The number of hydrogen-bond donors (Lipinski definition) is 2. The van der Waals surface area contributed by atoms with E-state index in [1.807, 2.05) is 16.9 Å². The minimum atomic E-state index is -0.627. The van der Waals surface area contributed by atoms with Crippen molar-refractivity contribution in [1.82, 2.24) is 15.1 Å². The Morgan fingerprint density at radius 2 is 2.24 bits per heavy atom. The third-order valence-electron chi connectivity index (χ3n) is 2.78. The summed E-state index contributed by atoms with van der Waals surface area (Å²) in [5.41, 5.74) is 0. The number of aliphatic hydroxyl groups is 1. The van der Waals surface area contributed by atoms with Crippen LogP contribution in [0.4, 0.5) is 0 Å². The molecule has 0 radical (unpaired) electrons. The fourth-order valence-corrected chi connectivity index (χ4v) is 2.06. The van der Waals surface area contributed by atoms with Crippen LogP contribution in [0.5, 0.6) is 5.75 Å². The summed E-state index contributed by atoms with van der Waals surface area (Å²) >= 11 is 11.8. The van der Waals surface area contributed by atoms with Gasteiger partial charge in [0, 0.05) is 36.6 Å². The van der Waals surface area contributed by atoms with Crippen LogP contribution in [0.15, 0.2) is 36.7 Å². The smallest absolute Gasteiger partial charge is 0.139 e. The highest BCUT2D eigenvalue weighted by Crippen LogP contribution is 2.27. The van der Waals surface area contributed by atoms with Crippen LogP contribution in [-0.2, 0) is 6.54 Å². The van der Waals surface area contributed by atoms with Gasteiger partial charge >= 0.3 is 0 Å². The van der Waals surface area contributed by atoms with Gasteiger partial charge in [0.1, 0.15) is 18.5 Å². The minimum Gasteiger partial charge on any atom is -0.489 e. The third kappa shape index (κ3) is 5.55. The van der Waals surface area contributed by atoms with Gasteiger partial charge in [-0.15, -0.1) is 0 Å². The number of ether oxygens (including phenoxy) is 1. The highest BCUT2D eigenvalue weighted by Gasteiger charge is 2.07. The van der Waals surface area contributed by atoms with Gasteiger partial charge in [0.05, 0.1) is 11.6 Å². The molecule has 0 fully saturated rings. The van der Waals surface area contributed by atoms with Gasteiger partial charge in [-0.1, -0.05) is 23.2 Å². The van der Waals surface area contributed by atoms with Crippen molar-refractivity contribution < 1.29 is 9.84 Å². The summed E-state index contributed by atoms with van der Waals surface area (Å²) in [6, 6.07) is 6.84. The molecule has 0 spiro atoms. The number of rotatable bonds is 8. The van der Waals surface area contributed by atoms with Crippen LogP contribution in [0.2, 0.25) is 10.0 Å². The van der Waals surface area contributed by atoms with Gasteiger partial charge in [0.15, 0.2) is 0 Å². The van der Waals surface area contributed by atoms with E-state index in [-0.39, 0.29) is 6.61 Å². The first-order valence-corrected chi connectivity index (χ1v) is 7.35. The average molecular weight is 330 g/mol. The predicted octanol–water partition coefficient (Wildman–Crippen LogP) is 2.22. The molecular formula is C14H17Cl2N3O2. The molecule has 114 valence electrons. The summed E-state index contributed by atoms with van der Waals surface area (Å²) in [5.74, 6) is 0.472. The molecule has 2 N–H and O–H groups in total. The third-order valence-corrected chi connectivity index (χ3v) is 3.33. The van der Waals surface area contributed by atoms with E-state index in [1.54, 1.807) is 24.4 Å². The molecule has 1 aromatic carbocycles. The number of nitrogens with zero attached hydrogens (tertiary/aromatic N) is 2. The fourth-order valence-electron chi connectivity index (χ4n) is 1.73. The van der Waals surface area contributed by atoms with E-state index in [1.165, 1.54) is 0 Å². The topological polar surface area (TPSA) is 59.3 Å². The Hall–Kier alpha value is -1.27. The van der Waals surface area contributed by atoms with E-state index in [0.717, 1.165) is 13.1 Å². The van der Waals surface area contributed by atoms with E-state index < -0.39 is 6.10 Å². The quantitative estimate of drug-likeness (QED) is 0.729. The van der Waals surface area contributed by atoms with Crippen molar-refractivity contribution in [2.75, 3.05) is 19.7 Å². The second-order valence-electron chi connectivity index (χ2n) is 4.51. The van der Waals surface area contributed by atoms with Crippen molar-refractivity contribution in [2.45, 2.75) is 12.6 Å². The average Bonchev–Trinajstić information content (AvgIpc) is 2.98. The Morgan fingerprint density at radius 3 is 3.00 bits per heavy atom. The first-order valence-electron chi connectivity index (χ1n) is 6.59. The standard InChI is InChI=1S/C14H17Cl2N3O2/c15-11-2-3-13(16)14(8-11)21-10-12(20)9-17-5-7-19-6-1-4-18-19/h1-4,6,8,12,17,20H,5,7,9-10H2/t12-/m0/s1. The lowest BCUT2D eigenvalue weighted by atomic mass is 10.3. The number of nitrogens with one attached hydrogen (secondary N) is 1. The van der Waals surface area contributed by atoms with Crippen molar-refractivity contribution in [3.8, 4) is 5.75 Å². The SMILES string of the molecule is O[C@@H](CNCCn1cccn1)COc1cc(Cl)ccc1Cl. The molecule has 0 bridgehead atoms. The number of halogens is 2. The van der Waals surface area contributed by atoms with E-state index in [0.29, 0.717) is 22.3 Å². The van der Waals surface area contributed by atoms with Crippen LogP contribution >= 0.6 is 23.2 Å². The van der Waals surface area contributed by atoms with E-state index >= 15 is 0 Å². The lowest BCUT2D eigenvalue weighted by Gasteiger charge is -2.14. The molecule has 1 heterocycles. The molecule has 0 aliphatic heterocycles. The van der Waals surface area contributed by atoms with E-state index in [4.69, 9.17) is 27.9 Å². The molecule has 1 atom stereocenters. The molecule has 0 aliphatic rings. The molecule has 7 heteroatoms. The van der Waals surface area contributed by atoms with Crippen molar-refractivity contribution in [3.05, 3.63) is 46.7 Å².